The molecule has 1 fully saturated rings. The molecule has 1 saturated heterocycles. The Balaban J connectivity index is 1.67. The summed E-state index contributed by atoms with van der Waals surface area (Å²) in [5, 5.41) is 0. The quantitative estimate of drug-likeness (QED) is 0.778. The number of likely N-dealkylation sites (N-methyl/N-ethyl adjacent to an activating group) is 1. The topological polar surface area (TPSA) is 45.7 Å². The highest BCUT2D eigenvalue weighted by Gasteiger charge is 2.23. The van der Waals surface area contributed by atoms with Crippen LogP contribution < -0.4 is 4.90 Å². The molecular formula is C20H25N3O2. The first kappa shape index (κ1) is 17.4. The number of rotatable bonds is 7. The van der Waals surface area contributed by atoms with E-state index in [1.165, 1.54) is 0 Å². The molecular weight excluding hydrogens is 314 g/mol. The first-order valence-electron chi connectivity index (χ1n) is 8.77. The SMILES string of the molecule is CN(CC(=O)N(Cc1cccnc1)C[C@H]1CCCO1)c1ccccc1. The van der Waals surface area contributed by atoms with Gasteiger partial charge in [-0.1, -0.05) is 24.3 Å². The van der Waals surface area contributed by atoms with Crippen LogP contribution in [-0.4, -0.2) is 48.6 Å². The van der Waals surface area contributed by atoms with Crippen LogP contribution in [-0.2, 0) is 16.1 Å². The molecule has 2 aromatic rings. The van der Waals surface area contributed by atoms with E-state index in [0.29, 0.717) is 19.6 Å². The molecule has 25 heavy (non-hydrogen) atoms. The number of benzene rings is 1. The van der Waals surface area contributed by atoms with Crippen molar-refractivity contribution in [3.63, 3.8) is 0 Å². The van der Waals surface area contributed by atoms with Gasteiger partial charge >= 0.3 is 0 Å². The van der Waals surface area contributed by atoms with E-state index in [1.54, 1.807) is 6.20 Å². The van der Waals surface area contributed by atoms with Crippen molar-refractivity contribution in [2.75, 3.05) is 31.6 Å². The van der Waals surface area contributed by atoms with E-state index >= 15 is 0 Å². The van der Waals surface area contributed by atoms with Crippen molar-refractivity contribution in [2.24, 2.45) is 0 Å². The highest BCUT2D eigenvalue weighted by molar-refractivity contribution is 5.81. The summed E-state index contributed by atoms with van der Waals surface area (Å²) < 4.78 is 5.74. The van der Waals surface area contributed by atoms with Crippen LogP contribution in [0.3, 0.4) is 0 Å². The molecule has 0 spiro atoms. The Morgan fingerprint density at radius 3 is 2.76 bits per heavy atom. The Labute approximate surface area is 149 Å². The number of carbonyl (C=O) groups excluding carboxylic acids is 1. The van der Waals surface area contributed by atoms with E-state index < -0.39 is 0 Å². The molecule has 1 amide bonds. The number of nitrogens with zero attached hydrogens (tertiary/aromatic N) is 3. The van der Waals surface area contributed by atoms with Crippen LogP contribution in [0.2, 0.25) is 0 Å². The lowest BCUT2D eigenvalue weighted by atomic mass is 10.2. The van der Waals surface area contributed by atoms with Gasteiger partial charge in [-0.2, -0.15) is 0 Å². The van der Waals surface area contributed by atoms with Gasteiger partial charge < -0.3 is 14.5 Å². The molecule has 0 bridgehead atoms. The largest absolute Gasteiger partial charge is 0.376 e. The number of anilines is 1. The number of pyridine rings is 1. The average molecular weight is 339 g/mol. The van der Waals surface area contributed by atoms with Gasteiger partial charge in [0.05, 0.1) is 12.6 Å². The number of amides is 1. The van der Waals surface area contributed by atoms with Crippen molar-refractivity contribution >= 4 is 11.6 Å². The number of carbonyl (C=O) groups is 1. The first-order valence-corrected chi connectivity index (χ1v) is 8.77. The van der Waals surface area contributed by atoms with Crippen molar-refractivity contribution < 1.29 is 9.53 Å². The number of ether oxygens (including phenoxy) is 1. The molecule has 0 saturated carbocycles. The summed E-state index contributed by atoms with van der Waals surface area (Å²) in [5.41, 5.74) is 2.07. The predicted molar refractivity (Wildman–Crippen MR) is 98.3 cm³/mol. The summed E-state index contributed by atoms with van der Waals surface area (Å²) in [6.07, 6.45) is 5.80. The van der Waals surface area contributed by atoms with E-state index in [1.807, 2.05) is 65.5 Å². The standard InChI is InChI=1S/C20H25N3O2/c1-22(18-8-3-2-4-9-18)16-20(24)23(15-19-10-6-12-25-19)14-17-7-5-11-21-13-17/h2-5,7-9,11,13,19H,6,10,12,14-16H2,1H3/t19-/m1/s1. The van der Waals surface area contributed by atoms with Gasteiger partial charge in [-0.25, -0.2) is 0 Å². The van der Waals surface area contributed by atoms with E-state index in [0.717, 1.165) is 30.7 Å². The molecule has 3 rings (SSSR count). The summed E-state index contributed by atoms with van der Waals surface area (Å²) in [6.45, 7) is 2.34. The molecule has 1 atom stereocenters. The van der Waals surface area contributed by atoms with Crippen molar-refractivity contribution in [2.45, 2.75) is 25.5 Å². The average Bonchev–Trinajstić information content (AvgIpc) is 3.16. The lowest BCUT2D eigenvalue weighted by molar-refractivity contribution is -0.131. The number of para-hydroxylation sites is 1. The van der Waals surface area contributed by atoms with Gasteiger partial charge in [-0.3, -0.25) is 9.78 Å². The first-order chi connectivity index (χ1) is 12.2. The molecule has 0 N–H and O–H groups in total. The second kappa shape index (κ2) is 8.62. The van der Waals surface area contributed by atoms with Crippen molar-refractivity contribution in [3.05, 3.63) is 60.4 Å². The maximum atomic E-state index is 12.9. The zero-order chi connectivity index (χ0) is 17.5. The molecule has 1 aliphatic heterocycles. The third-order valence-corrected chi connectivity index (χ3v) is 4.47. The van der Waals surface area contributed by atoms with E-state index in [-0.39, 0.29) is 12.0 Å². The van der Waals surface area contributed by atoms with Crippen molar-refractivity contribution in [1.82, 2.24) is 9.88 Å². The van der Waals surface area contributed by atoms with Crippen LogP contribution in [0.5, 0.6) is 0 Å². The normalized spacial score (nSPS) is 16.6. The third kappa shape index (κ3) is 5.03. The fourth-order valence-corrected chi connectivity index (χ4v) is 3.08. The van der Waals surface area contributed by atoms with Crippen LogP contribution in [0.1, 0.15) is 18.4 Å². The highest BCUT2D eigenvalue weighted by Crippen LogP contribution is 2.16. The van der Waals surface area contributed by atoms with Crippen molar-refractivity contribution in [1.29, 1.82) is 0 Å². The Morgan fingerprint density at radius 1 is 1.24 bits per heavy atom. The van der Waals surface area contributed by atoms with Gasteiger partial charge in [-0.05, 0) is 36.6 Å². The third-order valence-electron chi connectivity index (χ3n) is 4.47. The van der Waals surface area contributed by atoms with Gasteiger partial charge in [0, 0.05) is 44.8 Å². The van der Waals surface area contributed by atoms with E-state index in [2.05, 4.69) is 4.98 Å². The van der Waals surface area contributed by atoms with Crippen LogP contribution in [0.25, 0.3) is 0 Å². The second-order valence-electron chi connectivity index (χ2n) is 6.46. The zero-order valence-corrected chi connectivity index (χ0v) is 14.7. The minimum Gasteiger partial charge on any atom is -0.376 e. The zero-order valence-electron chi connectivity index (χ0n) is 14.7. The molecule has 0 unspecified atom stereocenters. The Kier molecular flexibility index (Phi) is 6.01. The van der Waals surface area contributed by atoms with Crippen molar-refractivity contribution in [3.8, 4) is 0 Å². The summed E-state index contributed by atoms with van der Waals surface area (Å²) in [5.74, 6) is 0.103. The molecule has 1 aliphatic rings. The molecule has 0 aliphatic carbocycles. The number of hydrogen-bond donors (Lipinski definition) is 0. The minimum atomic E-state index is 0.103. The predicted octanol–water partition coefficient (Wildman–Crippen LogP) is 2.73. The lowest BCUT2D eigenvalue weighted by Crippen LogP contribution is -2.42. The van der Waals surface area contributed by atoms with Gasteiger partial charge in [0.25, 0.3) is 0 Å². The molecule has 5 nitrogen and oxygen atoms in total. The summed E-state index contributed by atoms with van der Waals surface area (Å²) in [7, 11) is 1.95. The van der Waals surface area contributed by atoms with Crippen LogP contribution in [0.4, 0.5) is 5.69 Å². The Morgan fingerprint density at radius 2 is 2.08 bits per heavy atom. The fourth-order valence-electron chi connectivity index (χ4n) is 3.08. The maximum absolute atomic E-state index is 12.9. The number of aromatic nitrogens is 1. The molecule has 5 heteroatoms. The van der Waals surface area contributed by atoms with Gasteiger partial charge in [0.2, 0.25) is 5.91 Å². The summed E-state index contributed by atoms with van der Waals surface area (Å²) in [6, 6.07) is 13.9. The van der Waals surface area contributed by atoms with Crippen LogP contribution in [0.15, 0.2) is 54.9 Å². The smallest absolute Gasteiger partial charge is 0.242 e. The van der Waals surface area contributed by atoms with Crippen LogP contribution >= 0.6 is 0 Å². The minimum absolute atomic E-state index is 0.103. The fraction of sp³-hybridized carbons (Fsp3) is 0.400. The summed E-state index contributed by atoms with van der Waals surface area (Å²) in [4.78, 5) is 21.0. The van der Waals surface area contributed by atoms with Gasteiger partial charge in [-0.15, -0.1) is 0 Å². The molecule has 2 heterocycles. The summed E-state index contributed by atoms with van der Waals surface area (Å²) >= 11 is 0. The van der Waals surface area contributed by atoms with E-state index in [9.17, 15) is 4.79 Å². The molecule has 132 valence electrons. The Hall–Kier alpha value is -2.40. The second-order valence-corrected chi connectivity index (χ2v) is 6.46. The maximum Gasteiger partial charge on any atom is 0.242 e. The van der Waals surface area contributed by atoms with E-state index in [4.69, 9.17) is 4.74 Å². The molecule has 1 aromatic carbocycles. The van der Waals surface area contributed by atoms with Gasteiger partial charge in [0.1, 0.15) is 0 Å². The Bertz CT molecular complexity index is 657. The molecule has 0 radical (unpaired) electrons. The van der Waals surface area contributed by atoms with Gasteiger partial charge in [0.15, 0.2) is 0 Å². The lowest BCUT2D eigenvalue weighted by Gasteiger charge is -2.28. The van der Waals surface area contributed by atoms with Crippen LogP contribution in [0, 0.1) is 0 Å². The number of hydrogen-bond acceptors (Lipinski definition) is 4. The monoisotopic (exact) mass is 339 g/mol. The molecule has 1 aromatic heterocycles. The highest BCUT2D eigenvalue weighted by atomic mass is 16.5.